The summed E-state index contributed by atoms with van der Waals surface area (Å²) in [5.41, 5.74) is -0.00861. The van der Waals surface area contributed by atoms with Gasteiger partial charge in [-0.25, -0.2) is 8.42 Å². The van der Waals surface area contributed by atoms with Crippen LogP contribution in [0, 0.1) is 10.1 Å². The van der Waals surface area contributed by atoms with Crippen molar-refractivity contribution >= 4 is 56.2 Å². The topological polar surface area (TPSA) is 110 Å². The van der Waals surface area contributed by atoms with Crippen molar-refractivity contribution in [3.8, 4) is 0 Å². The molecule has 0 aliphatic rings. The first-order chi connectivity index (χ1) is 12.5. The van der Waals surface area contributed by atoms with Gasteiger partial charge in [-0.1, -0.05) is 29.3 Å². The molecule has 1 amide bonds. The molecule has 0 radical (unpaired) electrons. The summed E-state index contributed by atoms with van der Waals surface area (Å²) in [4.78, 5) is 22.9. The number of rotatable bonds is 6. The number of carbonyl (C=O) groups excluding carboxylic acids is 1. The maximum Gasteiger partial charge on any atom is 0.271 e. The van der Waals surface area contributed by atoms with Crippen molar-refractivity contribution in [3.63, 3.8) is 0 Å². The Labute approximate surface area is 165 Å². The molecule has 0 fully saturated rings. The number of anilines is 2. The van der Waals surface area contributed by atoms with Crippen molar-refractivity contribution in [2.45, 2.75) is 13.0 Å². The summed E-state index contributed by atoms with van der Waals surface area (Å²) in [6.07, 6.45) is 0.909. The van der Waals surface area contributed by atoms with Gasteiger partial charge in [0.1, 0.15) is 6.04 Å². The molecule has 2 rings (SSSR count). The molecule has 0 saturated heterocycles. The van der Waals surface area contributed by atoms with Gasteiger partial charge in [0.15, 0.2) is 0 Å². The van der Waals surface area contributed by atoms with Gasteiger partial charge in [0.2, 0.25) is 15.9 Å². The molecular weight excluding hydrogens is 417 g/mol. The van der Waals surface area contributed by atoms with Gasteiger partial charge in [0.25, 0.3) is 5.69 Å². The monoisotopic (exact) mass is 431 g/mol. The lowest BCUT2D eigenvalue weighted by molar-refractivity contribution is -0.384. The predicted molar refractivity (Wildman–Crippen MR) is 105 cm³/mol. The summed E-state index contributed by atoms with van der Waals surface area (Å²) in [7, 11) is -3.92. The highest BCUT2D eigenvalue weighted by molar-refractivity contribution is 7.92. The number of benzene rings is 2. The molecule has 0 unspecified atom stereocenters. The molecule has 0 aliphatic heterocycles. The van der Waals surface area contributed by atoms with Crippen LogP contribution in [0.1, 0.15) is 6.92 Å². The molecule has 0 bridgehead atoms. The van der Waals surface area contributed by atoms with Crippen LogP contribution in [0.3, 0.4) is 0 Å². The third-order valence-electron chi connectivity index (χ3n) is 3.51. The zero-order valence-corrected chi connectivity index (χ0v) is 16.5. The number of nitro benzene ring substituents is 1. The number of amides is 1. The van der Waals surface area contributed by atoms with Crippen LogP contribution in [0.2, 0.25) is 10.0 Å². The van der Waals surface area contributed by atoms with Gasteiger partial charge < -0.3 is 5.32 Å². The van der Waals surface area contributed by atoms with Crippen molar-refractivity contribution in [2.24, 2.45) is 0 Å². The number of nitrogens with zero attached hydrogens (tertiary/aromatic N) is 2. The summed E-state index contributed by atoms with van der Waals surface area (Å²) in [6.45, 7) is 1.36. The maximum absolute atomic E-state index is 12.6. The molecule has 0 aliphatic carbocycles. The van der Waals surface area contributed by atoms with Crippen molar-refractivity contribution in [2.75, 3.05) is 15.9 Å². The number of nitro groups is 1. The average molecular weight is 432 g/mol. The first kappa shape index (κ1) is 20.9. The highest BCUT2D eigenvalue weighted by atomic mass is 35.5. The van der Waals surface area contributed by atoms with Crippen LogP contribution >= 0.6 is 23.2 Å². The van der Waals surface area contributed by atoms with Crippen molar-refractivity contribution in [1.82, 2.24) is 0 Å². The largest absolute Gasteiger partial charge is 0.324 e. The predicted octanol–water partition coefficient (Wildman–Crippen LogP) is 3.69. The minimum Gasteiger partial charge on any atom is -0.324 e. The summed E-state index contributed by atoms with van der Waals surface area (Å²) < 4.78 is 25.3. The van der Waals surface area contributed by atoms with E-state index < -0.39 is 26.9 Å². The molecule has 0 aromatic heterocycles. The van der Waals surface area contributed by atoms with Crippen molar-refractivity contribution in [3.05, 3.63) is 62.6 Å². The normalized spacial score (nSPS) is 12.3. The van der Waals surface area contributed by atoms with E-state index in [2.05, 4.69) is 5.32 Å². The van der Waals surface area contributed by atoms with E-state index >= 15 is 0 Å². The minimum atomic E-state index is -3.92. The number of halogens is 2. The Morgan fingerprint density at radius 2 is 1.78 bits per heavy atom. The van der Waals surface area contributed by atoms with Gasteiger partial charge in [0, 0.05) is 27.9 Å². The maximum atomic E-state index is 12.6. The van der Waals surface area contributed by atoms with Gasteiger partial charge in [-0.2, -0.15) is 0 Å². The van der Waals surface area contributed by atoms with Crippen LogP contribution in [-0.2, 0) is 14.8 Å². The van der Waals surface area contributed by atoms with Crippen LogP contribution in [-0.4, -0.2) is 31.5 Å². The number of nitrogens with one attached hydrogen (secondary N) is 1. The zero-order valence-electron chi connectivity index (χ0n) is 14.2. The average Bonchev–Trinajstić information content (AvgIpc) is 2.52. The number of non-ortho nitro benzene ring substituents is 1. The van der Waals surface area contributed by atoms with Gasteiger partial charge in [-0.15, -0.1) is 0 Å². The Bertz CT molecular complexity index is 977. The summed E-state index contributed by atoms with van der Waals surface area (Å²) in [5, 5.41) is 14.1. The fraction of sp³-hybridized carbons (Fsp3) is 0.188. The Balaban J connectivity index is 2.37. The van der Waals surface area contributed by atoms with Crippen LogP contribution in [0.5, 0.6) is 0 Å². The van der Waals surface area contributed by atoms with Gasteiger partial charge >= 0.3 is 0 Å². The first-order valence-electron chi connectivity index (χ1n) is 7.50. The van der Waals surface area contributed by atoms with E-state index in [1.54, 1.807) is 0 Å². The lowest BCUT2D eigenvalue weighted by atomic mass is 10.2. The zero-order chi connectivity index (χ0) is 20.4. The van der Waals surface area contributed by atoms with Crippen LogP contribution < -0.4 is 9.62 Å². The highest BCUT2D eigenvalue weighted by Crippen LogP contribution is 2.27. The SMILES string of the molecule is C[C@H](C(=O)Nc1cc(Cl)cc(Cl)c1)N(c1cccc([N+](=O)[O-])c1)S(C)(=O)=O. The molecular formula is C16H15Cl2N3O5S. The Kier molecular flexibility index (Phi) is 6.30. The molecule has 11 heteroatoms. The smallest absolute Gasteiger partial charge is 0.271 e. The van der Waals surface area contributed by atoms with Crippen molar-refractivity contribution < 1.29 is 18.1 Å². The second kappa shape index (κ2) is 8.12. The van der Waals surface area contributed by atoms with Crippen LogP contribution in [0.25, 0.3) is 0 Å². The van der Waals surface area contributed by atoms with E-state index in [0.717, 1.165) is 16.6 Å². The minimum absolute atomic E-state index is 0.00141. The molecule has 1 atom stereocenters. The third kappa shape index (κ3) is 5.31. The standard InChI is InChI=1S/C16H15Cl2N3O5S/c1-10(16(22)19-13-7-11(17)6-12(18)8-13)20(27(2,25)26)14-4-3-5-15(9-14)21(23)24/h3-10H,1-2H3,(H,19,22)/t10-/m1/s1. The van der Waals surface area contributed by atoms with E-state index in [1.807, 2.05) is 0 Å². The highest BCUT2D eigenvalue weighted by Gasteiger charge is 2.30. The molecule has 8 nitrogen and oxygen atoms in total. The van der Waals surface area contributed by atoms with Gasteiger partial charge in [-0.05, 0) is 31.2 Å². The van der Waals surface area contributed by atoms with Crippen LogP contribution in [0.15, 0.2) is 42.5 Å². The van der Waals surface area contributed by atoms with E-state index in [0.29, 0.717) is 10.0 Å². The lowest BCUT2D eigenvalue weighted by Crippen LogP contribution is -2.45. The number of carbonyl (C=O) groups is 1. The van der Waals surface area contributed by atoms with Crippen molar-refractivity contribution in [1.29, 1.82) is 0 Å². The molecule has 0 heterocycles. The van der Waals surface area contributed by atoms with Crippen LogP contribution in [0.4, 0.5) is 17.1 Å². The number of hydrogen-bond acceptors (Lipinski definition) is 5. The second-order valence-corrected chi connectivity index (χ2v) is 8.39. The summed E-state index contributed by atoms with van der Waals surface area (Å²) in [6, 6.07) is 8.21. The quantitative estimate of drug-likeness (QED) is 0.553. The molecule has 27 heavy (non-hydrogen) atoms. The number of hydrogen-bond donors (Lipinski definition) is 1. The first-order valence-corrected chi connectivity index (χ1v) is 10.1. The van der Waals surface area contributed by atoms with E-state index in [-0.39, 0.29) is 17.1 Å². The molecule has 144 valence electrons. The van der Waals surface area contributed by atoms with Gasteiger partial charge in [0.05, 0.1) is 16.9 Å². The fourth-order valence-corrected chi connectivity index (χ4v) is 4.12. The second-order valence-electron chi connectivity index (χ2n) is 5.66. The Hall–Kier alpha value is -2.36. The molecule has 2 aromatic carbocycles. The van der Waals surface area contributed by atoms with E-state index in [4.69, 9.17) is 23.2 Å². The molecule has 2 aromatic rings. The van der Waals surface area contributed by atoms with Gasteiger partial charge in [-0.3, -0.25) is 19.2 Å². The van der Waals surface area contributed by atoms with E-state index in [9.17, 15) is 23.3 Å². The Morgan fingerprint density at radius 1 is 1.19 bits per heavy atom. The molecule has 0 spiro atoms. The molecule has 0 saturated carbocycles. The van der Waals surface area contributed by atoms with E-state index in [1.165, 1.54) is 43.3 Å². The molecule has 1 N–H and O–H groups in total. The third-order valence-corrected chi connectivity index (χ3v) is 5.19. The summed E-state index contributed by atoms with van der Waals surface area (Å²) >= 11 is 11.8. The number of sulfonamides is 1. The lowest BCUT2D eigenvalue weighted by Gasteiger charge is -2.28. The Morgan fingerprint density at radius 3 is 2.30 bits per heavy atom. The summed E-state index contributed by atoms with van der Waals surface area (Å²) in [5.74, 6) is -0.662. The fourth-order valence-electron chi connectivity index (χ4n) is 2.43.